The Bertz CT molecular complexity index is 1010. The number of thioether (sulfide) groups is 2. The van der Waals surface area contributed by atoms with Gasteiger partial charge in [0.15, 0.2) is 0 Å². The van der Waals surface area contributed by atoms with Crippen molar-refractivity contribution >= 4 is 34.9 Å². The highest BCUT2D eigenvalue weighted by Gasteiger charge is 2.39. The fourth-order valence-electron chi connectivity index (χ4n) is 5.42. The first-order valence-corrected chi connectivity index (χ1v) is 15.3. The van der Waals surface area contributed by atoms with E-state index in [9.17, 15) is 0 Å². The molecule has 1 aromatic rings. The highest BCUT2D eigenvalue weighted by Crippen LogP contribution is 2.64. The normalized spacial score (nSPS) is 26.1. The number of nitrogens with zero attached hydrogens (tertiary/aromatic N) is 2. The Kier molecular flexibility index (Phi) is 6.83. The summed E-state index contributed by atoms with van der Waals surface area (Å²) in [4.78, 5) is 1.88. The number of fused-ring (bicyclic) bond motifs is 2. The Hall–Kier alpha value is -1.78. The number of rotatable bonds is 8. The molecule has 190 valence electrons. The summed E-state index contributed by atoms with van der Waals surface area (Å²) in [5.74, 6) is 0. The number of hydrogen-bond acceptors (Lipinski definition) is 2. The van der Waals surface area contributed by atoms with E-state index < -0.39 is 0 Å². The third-order valence-corrected chi connectivity index (χ3v) is 10.5. The molecule has 2 aliphatic carbocycles. The van der Waals surface area contributed by atoms with Gasteiger partial charge in [-0.25, -0.2) is 0 Å². The zero-order valence-corrected chi connectivity index (χ0v) is 24.4. The van der Waals surface area contributed by atoms with E-state index in [1.807, 2.05) is 23.5 Å². The van der Waals surface area contributed by atoms with Crippen LogP contribution in [0.25, 0.3) is 10.6 Å². The van der Waals surface area contributed by atoms with E-state index >= 15 is 0 Å². The van der Waals surface area contributed by atoms with Gasteiger partial charge in [0.1, 0.15) is 0 Å². The second-order valence-corrected chi connectivity index (χ2v) is 14.5. The van der Waals surface area contributed by atoms with Crippen molar-refractivity contribution in [1.29, 1.82) is 0 Å². The molecule has 36 heavy (non-hydrogen) atoms. The summed E-state index contributed by atoms with van der Waals surface area (Å²) in [6, 6.07) is 4.51. The fourth-order valence-corrected chi connectivity index (χ4v) is 7.81. The van der Waals surface area contributed by atoms with Crippen molar-refractivity contribution in [3.05, 3.63) is 83.2 Å². The molecule has 2 atom stereocenters. The number of benzene rings is 1. The van der Waals surface area contributed by atoms with Crippen molar-refractivity contribution < 1.29 is 0 Å². The minimum atomic E-state index is -0.317. The van der Waals surface area contributed by atoms with Crippen LogP contribution < -0.4 is 0 Å². The van der Waals surface area contributed by atoms with Gasteiger partial charge < -0.3 is 10.6 Å². The molecular weight excluding hydrogens is 477 g/mol. The van der Waals surface area contributed by atoms with Gasteiger partial charge in [-0.05, 0) is 68.5 Å². The molecule has 0 aromatic heterocycles. The van der Waals surface area contributed by atoms with Crippen LogP contribution in [0, 0.1) is 23.7 Å². The predicted octanol–water partition coefficient (Wildman–Crippen LogP) is 11.1. The van der Waals surface area contributed by atoms with E-state index in [4.69, 9.17) is 10.6 Å². The molecule has 1 aromatic carbocycles. The molecule has 0 amide bonds. The van der Waals surface area contributed by atoms with Gasteiger partial charge in [0.05, 0.1) is 43.9 Å². The molecule has 2 aliphatic heterocycles. The Morgan fingerprint density at radius 1 is 0.722 bits per heavy atom. The molecule has 5 rings (SSSR count). The Labute approximate surface area is 227 Å². The van der Waals surface area contributed by atoms with E-state index in [1.165, 1.54) is 59.5 Å². The smallest absolute Gasteiger partial charge is 0.0976 e. The van der Waals surface area contributed by atoms with Crippen molar-refractivity contribution in [2.24, 2.45) is 10.8 Å². The molecule has 0 bridgehead atoms. The molecular formula is C32H40N2S2. The van der Waals surface area contributed by atoms with Gasteiger partial charge in [0.2, 0.25) is 0 Å². The average Bonchev–Trinajstić information content (AvgIpc) is 3.36. The van der Waals surface area contributed by atoms with E-state index in [0.717, 1.165) is 11.4 Å². The topological polar surface area (TPSA) is 28.2 Å². The van der Waals surface area contributed by atoms with Gasteiger partial charge in [0, 0.05) is 25.0 Å². The van der Waals surface area contributed by atoms with Gasteiger partial charge in [-0.2, -0.15) is 0 Å². The molecule has 4 aliphatic rings. The minimum absolute atomic E-state index is 0.204. The lowest BCUT2D eigenvalue weighted by Gasteiger charge is -2.36. The lowest BCUT2D eigenvalue weighted by molar-refractivity contribution is 0.399. The van der Waals surface area contributed by atoms with E-state index in [-0.39, 0.29) is 20.6 Å². The van der Waals surface area contributed by atoms with Crippen LogP contribution >= 0.6 is 23.5 Å². The van der Waals surface area contributed by atoms with Gasteiger partial charge in [-0.1, -0.05) is 45.6 Å². The molecule has 0 saturated carbocycles. The maximum Gasteiger partial charge on any atom is 0.0976 e. The van der Waals surface area contributed by atoms with Crippen molar-refractivity contribution in [2.75, 3.05) is 0 Å². The molecule has 0 radical (unpaired) electrons. The van der Waals surface area contributed by atoms with Crippen LogP contribution in [0.4, 0.5) is 11.4 Å². The van der Waals surface area contributed by atoms with Crippen molar-refractivity contribution in [2.45, 2.75) is 99.6 Å². The first kappa shape index (κ1) is 25.9. The number of hydrogen-bond donors (Lipinski definition) is 0. The summed E-state index contributed by atoms with van der Waals surface area (Å²) < 4.78 is 0. The highest BCUT2D eigenvalue weighted by molar-refractivity contribution is 8.02. The first-order chi connectivity index (χ1) is 17.1. The van der Waals surface area contributed by atoms with E-state index in [1.54, 1.807) is 0 Å². The summed E-state index contributed by atoms with van der Waals surface area (Å²) in [5.41, 5.74) is 5.37. The zero-order chi connectivity index (χ0) is 25.6. The Balaban J connectivity index is 1.26. The Morgan fingerprint density at radius 3 is 1.53 bits per heavy atom. The summed E-state index contributed by atoms with van der Waals surface area (Å²) in [5, 5.41) is 10.3. The molecule has 2 unspecified atom stereocenters. The van der Waals surface area contributed by atoms with Gasteiger partial charge >= 0.3 is 0 Å². The second-order valence-electron chi connectivity index (χ2n) is 11.9. The second kappa shape index (κ2) is 9.51. The quantitative estimate of drug-likeness (QED) is 0.321. The summed E-state index contributed by atoms with van der Waals surface area (Å²) in [7, 11) is 0. The number of unbranched alkanes of at least 4 members (excludes halogenated alkanes) is 2. The van der Waals surface area contributed by atoms with Crippen LogP contribution in [0.3, 0.4) is 0 Å². The monoisotopic (exact) mass is 516 g/mol. The van der Waals surface area contributed by atoms with Crippen molar-refractivity contribution in [3.8, 4) is 0 Å². The van der Waals surface area contributed by atoms with Gasteiger partial charge in [-0.15, -0.1) is 34.9 Å². The molecule has 4 heteroatoms. The van der Waals surface area contributed by atoms with E-state index in [2.05, 4.69) is 103 Å². The SMILES string of the molecule is CCCCC(C)(C)C1=C[CH+]C2(C=C1)[N-]c1cc3c(cc1S2)SC1(C=CC(C(C)(C)CCCC)=C[CH+]1)[N-]3. The maximum absolute atomic E-state index is 5.17. The van der Waals surface area contributed by atoms with E-state index in [0.29, 0.717) is 0 Å². The van der Waals surface area contributed by atoms with Crippen molar-refractivity contribution in [3.63, 3.8) is 0 Å². The predicted molar refractivity (Wildman–Crippen MR) is 159 cm³/mol. The molecule has 0 saturated heterocycles. The zero-order valence-electron chi connectivity index (χ0n) is 22.7. The van der Waals surface area contributed by atoms with Crippen molar-refractivity contribution in [1.82, 2.24) is 0 Å². The van der Waals surface area contributed by atoms with Crippen LogP contribution in [-0.4, -0.2) is 9.74 Å². The summed E-state index contributed by atoms with van der Waals surface area (Å²) in [6.07, 6.45) is 25.9. The maximum atomic E-state index is 5.17. The third-order valence-electron chi connectivity index (χ3n) is 8.06. The van der Waals surface area contributed by atoms with Gasteiger partial charge in [-0.3, -0.25) is 0 Å². The molecule has 0 fully saturated rings. The lowest BCUT2D eigenvalue weighted by Crippen LogP contribution is -2.23. The third kappa shape index (κ3) is 4.88. The van der Waals surface area contributed by atoms with Crippen LogP contribution in [0.1, 0.15) is 80.1 Å². The van der Waals surface area contributed by atoms with Crippen LogP contribution in [0.15, 0.2) is 69.5 Å². The van der Waals surface area contributed by atoms with Crippen LogP contribution in [0.5, 0.6) is 0 Å². The number of allylic oxidation sites excluding steroid dienone is 4. The first-order valence-electron chi connectivity index (χ1n) is 13.6. The van der Waals surface area contributed by atoms with Crippen LogP contribution in [0.2, 0.25) is 0 Å². The Morgan fingerprint density at radius 2 is 1.17 bits per heavy atom. The summed E-state index contributed by atoms with van der Waals surface area (Å²) >= 11 is 3.71. The minimum Gasteiger partial charge on any atom is -0.646 e. The molecule has 2 heterocycles. The lowest BCUT2D eigenvalue weighted by atomic mass is 9.77. The van der Waals surface area contributed by atoms with Crippen LogP contribution in [-0.2, 0) is 0 Å². The molecule has 2 nitrogen and oxygen atoms in total. The van der Waals surface area contributed by atoms with Gasteiger partial charge in [0.25, 0.3) is 0 Å². The summed E-state index contributed by atoms with van der Waals surface area (Å²) in [6.45, 7) is 14.0. The highest BCUT2D eigenvalue weighted by atomic mass is 32.2. The molecule has 0 N–H and O–H groups in total. The molecule has 2 spiro atoms. The fraction of sp³-hybridized carbons (Fsp3) is 0.500. The standard InChI is InChI=1S/C32H40N2S2/c1-7-9-15-29(3,4)23-11-17-31(18-12-23)33-25-21-26-28(22-27(25)35-31)36-32(34-26)19-13-24(14-20-32)30(5,6)16-10-8-2/h11-14,17-22H,7-10,15-16H2,1-6H3. The largest absolute Gasteiger partial charge is 0.646 e. The average molecular weight is 517 g/mol.